The smallest absolute Gasteiger partial charge is 0.281 e. The lowest BCUT2D eigenvalue weighted by Crippen LogP contribution is -2.30. The summed E-state index contributed by atoms with van der Waals surface area (Å²) in [6, 6.07) is 25.0. The van der Waals surface area contributed by atoms with E-state index in [1.54, 1.807) is 16.8 Å². The summed E-state index contributed by atoms with van der Waals surface area (Å²) in [5.74, 6) is 1.13. The number of ether oxygens (including phenoxy) is 2. The van der Waals surface area contributed by atoms with Gasteiger partial charge in [0.05, 0.1) is 12.3 Å². The number of thiocarbonyl (C=S) groups is 1. The van der Waals surface area contributed by atoms with Gasteiger partial charge in [-0.2, -0.15) is 0 Å². The quantitative estimate of drug-likeness (QED) is 0.367. The minimum Gasteiger partial charge on any atom is -0.490 e. The van der Waals surface area contributed by atoms with E-state index in [2.05, 4.69) is 0 Å². The lowest BCUT2D eigenvalue weighted by Gasteiger charge is -2.16. The first-order valence-corrected chi connectivity index (χ1v) is 10.8. The van der Waals surface area contributed by atoms with Gasteiger partial charge in [-0.1, -0.05) is 54.6 Å². The van der Waals surface area contributed by atoms with E-state index < -0.39 is 0 Å². The van der Waals surface area contributed by atoms with Gasteiger partial charge in [0.1, 0.15) is 12.3 Å². The molecule has 0 radical (unpaired) electrons. The highest BCUT2D eigenvalue weighted by Gasteiger charge is 2.36. The highest BCUT2D eigenvalue weighted by atomic mass is 32.1. The second-order valence-electron chi connectivity index (χ2n) is 7.26. The number of benzene rings is 3. The molecule has 162 valence electrons. The number of nitrogens with zero attached hydrogens (tertiary/aromatic N) is 2. The van der Waals surface area contributed by atoms with Crippen LogP contribution < -0.4 is 14.4 Å². The molecule has 1 amide bonds. The van der Waals surface area contributed by atoms with Crippen LogP contribution in [0.25, 0.3) is 6.08 Å². The van der Waals surface area contributed by atoms with E-state index >= 15 is 0 Å². The molecular weight excluding hydrogens is 420 g/mol. The number of rotatable bonds is 7. The molecule has 5 nitrogen and oxygen atoms in total. The van der Waals surface area contributed by atoms with Crippen LogP contribution in [0.1, 0.15) is 18.1 Å². The molecule has 0 aliphatic carbocycles. The van der Waals surface area contributed by atoms with Crippen LogP contribution in [0.3, 0.4) is 0 Å². The average Bonchev–Trinajstić information content (AvgIpc) is 3.03. The fourth-order valence-corrected chi connectivity index (χ4v) is 3.74. The molecule has 0 N–H and O–H groups in total. The molecule has 32 heavy (non-hydrogen) atoms. The Balaban J connectivity index is 1.59. The highest BCUT2D eigenvalue weighted by molar-refractivity contribution is 7.80. The number of likely N-dealkylation sites (N-methyl/N-ethyl adjacent to an activating group) is 1. The monoisotopic (exact) mass is 444 g/mol. The first-order valence-electron chi connectivity index (χ1n) is 10.4. The first kappa shape index (κ1) is 21.6. The molecule has 1 fully saturated rings. The van der Waals surface area contributed by atoms with Crippen molar-refractivity contribution in [1.82, 2.24) is 4.90 Å². The van der Waals surface area contributed by atoms with Crippen molar-refractivity contribution < 1.29 is 14.3 Å². The Bertz CT molecular complexity index is 1150. The zero-order valence-electron chi connectivity index (χ0n) is 18.0. The van der Waals surface area contributed by atoms with Crippen molar-refractivity contribution in [3.05, 3.63) is 95.7 Å². The third-order valence-corrected chi connectivity index (χ3v) is 5.54. The molecule has 0 atom stereocenters. The van der Waals surface area contributed by atoms with E-state index in [1.165, 1.54) is 0 Å². The summed E-state index contributed by atoms with van der Waals surface area (Å²) in [6.45, 7) is 2.88. The highest BCUT2D eigenvalue weighted by Crippen LogP contribution is 2.32. The van der Waals surface area contributed by atoms with Crippen LogP contribution >= 0.6 is 12.2 Å². The van der Waals surface area contributed by atoms with Gasteiger partial charge in [-0.25, -0.2) is 0 Å². The fraction of sp³-hybridized carbons (Fsp3) is 0.154. The molecule has 0 aromatic heterocycles. The van der Waals surface area contributed by atoms with Crippen molar-refractivity contribution in [1.29, 1.82) is 0 Å². The van der Waals surface area contributed by atoms with E-state index in [1.807, 2.05) is 91.9 Å². The molecule has 3 aromatic rings. The van der Waals surface area contributed by atoms with Gasteiger partial charge >= 0.3 is 0 Å². The van der Waals surface area contributed by atoms with Gasteiger partial charge in [0.2, 0.25) is 0 Å². The summed E-state index contributed by atoms with van der Waals surface area (Å²) in [7, 11) is 1.80. The van der Waals surface area contributed by atoms with Gasteiger partial charge in [0, 0.05) is 7.05 Å². The SMILES string of the molecule is CCOc1cc(/C=C2/C(=O)N(c3ccccc3)C(=S)N2C)ccc1OCc1ccccc1. The predicted molar refractivity (Wildman–Crippen MR) is 131 cm³/mol. The Morgan fingerprint density at radius 1 is 0.906 bits per heavy atom. The molecule has 1 heterocycles. The summed E-state index contributed by atoms with van der Waals surface area (Å²) in [6.07, 6.45) is 1.82. The average molecular weight is 445 g/mol. The molecule has 1 aliphatic heterocycles. The van der Waals surface area contributed by atoms with Crippen molar-refractivity contribution in [3.8, 4) is 11.5 Å². The number of anilines is 1. The largest absolute Gasteiger partial charge is 0.490 e. The summed E-state index contributed by atoms with van der Waals surface area (Å²) in [5.41, 5.74) is 3.15. The predicted octanol–water partition coefficient (Wildman–Crippen LogP) is 5.27. The topological polar surface area (TPSA) is 42.0 Å². The summed E-state index contributed by atoms with van der Waals surface area (Å²) >= 11 is 5.53. The number of para-hydroxylation sites is 1. The lowest BCUT2D eigenvalue weighted by atomic mass is 10.1. The standard InChI is InChI=1S/C26H24N2O3S/c1-3-30-24-17-20(14-15-23(24)31-18-19-10-6-4-7-11-19)16-22-25(29)28(26(32)27(22)2)21-12-8-5-9-13-21/h4-17H,3,18H2,1-2H3/b22-16-. The van der Waals surface area contributed by atoms with Crippen LogP contribution in [0.5, 0.6) is 11.5 Å². The summed E-state index contributed by atoms with van der Waals surface area (Å²) < 4.78 is 11.8. The zero-order valence-corrected chi connectivity index (χ0v) is 18.8. The van der Waals surface area contributed by atoms with Gasteiger partial charge in [0.25, 0.3) is 5.91 Å². The number of amides is 1. The van der Waals surface area contributed by atoms with E-state index in [9.17, 15) is 4.79 Å². The van der Waals surface area contributed by atoms with Crippen molar-refractivity contribution in [3.63, 3.8) is 0 Å². The van der Waals surface area contributed by atoms with Crippen LogP contribution in [0.2, 0.25) is 0 Å². The van der Waals surface area contributed by atoms with Crippen molar-refractivity contribution in [2.75, 3.05) is 18.6 Å². The number of carbonyl (C=O) groups is 1. The van der Waals surface area contributed by atoms with E-state index in [0.29, 0.717) is 35.5 Å². The maximum Gasteiger partial charge on any atom is 0.281 e. The molecule has 1 saturated heterocycles. The van der Waals surface area contributed by atoms with Crippen LogP contribution in [0, 0.1) is 0 Å². The number of hydrogen-bond donors (Lipinski definition) is 0. The molecule has 0 unspecified atom stereocenters. The molecule has 0 bridgehead atoms. The van der Waals surface area contributed by atoms with Crippen LogP contribution in [-0.4, -0.2) is 29.6 Å². The Labute approximate surface area is 193 Å². The molecule has 3 aromatic carbocycles. The van der Waals surface area contributed by atoms with Gasteiger partial charge in [-0.05, 0) is 60.6 Å². The van der Waals surface area contributed by atoms with E-state index in [-0.39, 0.29) is 5.91 Å². The third kappa shape index (κ3) is 4.50. The fourth-order valence-electron chi connectivity index (χ4n) is 3.46. The Morgan fingerprint density at radius 3 is 2.28 bits per heavy atom. The van der Waals surface area contributed by atoms with E-state index in [0.717, 1.165) is 16.8 Å². The molecule has 4 rings (SSSR count). The van der Waals surface area contributed by atoms with Crippen LogP contribution in [-0.2, 0) is 11.4 Å². The Hall–Kier alpha value is -3.64. The normalized spacial score (nSPS) is 14.9. The van der Waals surface area contributed by atoms with Gasteiger partial charge < -0.3 is 14.4 Å². The van der Waals surface area contributed by atoms with Crippen LogP contribution in [0.4, 0.5) is 5.69 Å². The summed E-state index contributed by atoms with van der Waals surface area (Å²) in [4.78, 5) is 16.4. The Morgan fingerprint density at radius 2 is 1.59 bits per heavy atom. The Kier molecular flexibility index (Phi) is 6.52. The van der Waals surface area contributed by atoms with E-state index in [4.69, 9.17) is 21.7 Å². The third-order valence-electron chi connectivity index (χ3n) is 5.08. The van der Waals surface area contributed by atoms with Gasteiger partial charge in [-0.3, -0.25) is 9.69 Å². The van der Waals surface area contributed by atoms with Crippen molar-refractivity contribution in [2.45, 2.75) is 13.5 Å². The molecule has 1 aliphatic rings. The summed E-state index contributed by atoms with van der Waals surface area (Å²) in [5, 5.41) is 0.445. The molecule has 0 saturated carbocycles. The first-order chi connectivity index (χ1) is 15.6. The maximum absolute atomic E-state index is 13.1. The minimum absolute atomic E-state index is 0.161. The van der Waals surface area contributed by atoms with Gasteiger partial charge in [-0.15, -0.1) is 0 Å². The second-order valence-corrected chi connectivity index (χ2v) is 7.63. The number of hydrogen-bond acceptors (Lipinski definition) is 4. The maximum atomic E-state index is 13.1. The van der Waals surface area contributed by atoms with Gasteiger partial charge in [0.15, 0.2) is 16.6 Å². The van der Waals surface area contributed by atoms with Crippen molar-refractivity contribution in [2.24, 2.45) is 0 Å². The lowest BCUT2D eigenvalue weighted by molar-refractivity contribution is -0.114. The molecular formula is C26H24N2O3S. The molecule has 0 spiro atoms. The zero-order chi connectivity index (χ0) is 22.5. The number of carbonyl (C=O) groups excluding carboxylic acids is 1. The van der Waals surface area contributed by atoms with Crippen molar-refractivity contribution >= 4 is 35.0 Å². The second kappa shape index (κ2) is 9.66. The molecule has 6 heteroatoms. The van der Waals surface area contributed by atoms with Crippen LogP contribution in [0.15, 0.2) is 84.6 Å². The minimum atomic E-state index is -0.161.